The van der Waals surface area contributed by atoms with Crippen molar-refractivity contribution in [2.75, 3.05) is 13.7 Å². The lowest BCUT2D eigenvalue weighted by Crippen LogP contribution is -2.36. The Labute approximate surface area is 195 Å². The van der Waals surface area contributed by atoms with Crippen LogP contribution in [0.4, 0.5) is 4.39 Å². The van der Waals surface area contributed by atoms with Crippen LogP contribution in [0.15, 0.2) is 66.7 Å². The van der Waals surface area contributed by atoms with Crippen molar-refractivity contribution in [2.24, 2.45) is 0 Å². The molecule has 0 fully saturated rings. The van der Waals surface area contributed by atoms with Gasteiger partial charge >= 0.3 is 0 Å². The summed E-state index contributed by atoms with van der Waals surface area (Å²) in [5, 5.41) is 13.3. The topological polar surface area (TPSA) is 96.1 Å². The summed E-state index contributed by atoms with van der Waals surface area (Å²) < 4.78 is 18.7. The zero-order valence-electron chi connectivity index (χ0n) is 18.5. The molecule has 0 aliphatic carbocycles. The van der Waals surface area contributed by atoms with Gasteiger partial charge in [-0.2, -0.15) is 5.10 Å². The van der Waals surface area contributed by atoms with Crippen LogP contribution in [0.2, 0.25) is 0 Å². The molecule has 0 spiro atoms. The van der Waals surface area contributed by atoms with Gasteiger partial charge in [0.05, 0.1) is 35.8 Å². The van der Waals surface area contributed by atoms with Crippen molar-refractivity contribution in [1.29, 1.82) is 0 Å². The summed E-state index contributed by atoms with van der Waals surface area (Å²) in [4.78, 5) is 25.0. The number of amides is 2. The number of nitrogens with zero attached hydrogens (tertiary/aromatic N) is 1. The van der Waals surface area contributed by atoms with Crippen LogP contribution in [0, 0.1) is 5.82 Å². The molecule has 1 aromatic heterocycles. The predicted molar refractivity (Wildman–Crippen MR) is 129 cm³/mol. The Bertz CT molecular complexity index is 1330. The van der Waals surface area contributed by atoms with Crippen LogP contribution in [0.5, 0.6) is 5.75 Å². The van der Waals surface area contributed by atoms with Gasteiger partial charge in [-0.3, -0.25) is 14.7 Å². The molecule has 172 valence electrons. The number of aromatic amines is 1. The number of ether oxygens (including phenoxy) is 1. The summed E-state index contributed by atoms with van der Waals surface area (Å²) in [5.74, 6) is -0.715. The summed E-state index contributed by atoms with van der Waals surface area (Å²) in [6, 6.07) is 18.9. The number of carbonyl (C=O) groups excluding carboxylic acids is 2. The highest BCUT2D eigenvalue weighted by Crippen LogP contribution is 2.32. The number of fused-ring (bicyclic) bond motifs is 1. The van der Waals surface area contributed by atoms with Crippen molar-refractivity contribution in [3.63, 3.8) is 0 Å². The largest absolute Gasteiger partial charge is 0.495 e. The summed E-state index contributed by atoms with van der Waals surface area (Å²) in [5.41, 5.74) is 3.30. The molecule has 0 radical (unpaired) electrons. The van der Waals surface area contributed by atoms with Crippen LogP contribution >= 0.6 is 0 Å². The number of rotatable bonds is 8. The lowest BCUT2D eigenvalue weighted by molar-refractivity contribution is -0.120. The van der Waals surface area contributed by atoms with Crippen molar-refractivity contribution in [3.8, 4) is 5.75 Å². The first-order valence-electron chi connectivity index (χ1n) is 10.6. The number of nitrogens with one attached hydrogen (secondary N) is 3. The van der Waals surface area contributed by atoms with E-state index in [-0.39, 0.29) is 23.8 Å². The monoisotopic (exact) mass is 458 g/mol. The fourth-order valence-corrected chi connectivity index (χ4v) is 3.48. The Morgan fingerprint density at radius 3 is 2.50 bits per heavy atom. The summed E-state index contributed by atoms with van der Waals surface area (Å²) in [6.45, 7) is 0.208. The number of H-pyrrole nitrogens is 1. The number of hydrogen-bond donors (Lipinski definition) is 3. The molecular formula is C26H23FN4O3. The van der Waals surface area contributed by atoms with Crippen LogP contribution in [0.1, 0.15) is 27.2 Å². The molecule has 0 bridgehead atoms. The van der Waals surface area contributed by atoms with Gasteiger partial charge < -0.3 is 15.4 Å². The van der Waals surface area contributed by atoms with Gasteiger partial charge in [-0.05, 0) is 41.5 Å². The lowest BCUT2D eigenvalue weighted by atomic mass is 10.1. The van der Waals surface area contributed by atoms with E-state index < -0.39 is 5.91 Å². The molecule has 4 aromatic rings. The molecular weight excluding hydrogens is 435 g/mol. The van der Waals surface area contributed by atoms with E-state index in [4.69, 9.17) is 4.74 Å². The van der Waals surface area contributed by atoms with Crippen molar-refractivity contribution in [3.05, 3.63) is 94.9 Å². The maximum atomic E-state index is 13.1. The number of methoxy groups -OCH3 is 1. The van der Waals surface area contributed by atoms with E-state index in [1.54, 1.807) is 36.4 Å². The number of aromatic nitrogens is 2. The third-order valence-corrected chi connectivity index (χ3v) is 5.21. The minimum absolute atomic E-state index is 0.171. The fraction of sp³-hybridized carbons (Fsp3) is 0.115. The van der Waals surface area contributed by atoms with Crippen molar-refractivity contribution in [1.82, 2.24) is 20.8 Å². The predicted octanol–water partition coefficient (Wildman–Crippen LogP) is 3.93. The number of halogens is 1. The van der Waals surface area contributed by atoms with Crippen LogP contribution in [0.25, 0.3) is 23.1 Å². The first-order valence-corrected chi connectivity index (χ1v) is 10.6. The Morgan fingerprint density at radius 1 is 1.00 bits per heavy atom. The van der Waals surface area contributed by atoms with Gasteiger partial charge in [-0.1, -0.05) is 48.5 Å². The Hall–Kier alpha value is -4.46. The Balaban J connectivity index is 1.48. The van der Waals surface area contributed by atoms with Crippen LogP contribution < -0.4 is 15.4 Å². The van der Waals surface area contributed by atoms with Crippen molar-refractivity contribution < 1.29 is 18.7 Å². The molecule has 0 atom stereocenters. The maximum Gasteiger partial charge on any atom is 0.255 e. The Kier molecular flexibility index (Phi) is 6.98. The third kappa shape index (κ3) is 5.29. The third-order valence-electron chi connectivity index (χ3n) is 5.21. The summed E-state index contributed by atoms with van der Waals surface area (Å²) in [6.07, 6.45) is 3.55. The molecule has 3 N–H and O–H groups in total. The van der Waals surface area contributed by atoms with E-state index in [0.29, 0.717) is 28.9 Å². The van der Waals surface area contributed by atoms with Crippen molar-refractivity contribution in [2.45, 2.75) is 6.54 Å². The van der Waals surface area contributed by atoms with Crippen LogP contribution in [-0.4, -0.2) is 35.7 Å². The average molecular weight is 458 g/mol. The number of benzene rings is 3. The normalized spacial score (nSPS) is 11.0. The van der Waals surface area contributed by atoms with E-state index in [0.717, 1.165) is 11.1 Å². The molecule has 0 aliphatic heterocycles. The second-order valence-corrected chi connectivity index (χ2v) is 7.51. The highest BCUT2D eigenvalue weighted by molar-refractivity contribution is 6.06. The smallest absolute Gasteiger partial charge is 0.255 e. The average Bonchev–Trinajstić information content (AvgIpc) is 3.29. The van der Waals surface area contributed by atoms with Gasteiger partial charge in [0.2, 0.25) is 5.91 Å². The van der Waals surface area contributed by atoms with Crippen LogP contribution in [0.3, 0.4) is 0 Å². The molecule has 7 nitrogen and oxygen atoms in total. The standard InChI is InChI=1S/C26H23FN4O3/c1-34-25-20(26(33)29-16-23(32)28-15-18-5-3-2-4-6-18)12-14-22-24(25)21(30-31-22)13-9-17-7-10-19(27)11-8-17/h2-14H,15-16H2,1H3,(H,28,32)(H,29,33)(H,30,31). The van der Waals surface area contributed by atoms with E-state index >= 15 is 0 Å². The highest BCUT2D eigenvalue weighted by Gasteiger charge is 2.19. The fourth-order valence-electron chi connectivity index (χ4n) is 3.48. The first-order chi connectivity index (χ1) is 16.5. The maximum absolute atomic E-state index is 13.1. The Morgan fingerprint density at radius 2 is 1.76 bits per heavy atom. The SMILES string of the molecule is COc1c(C(=O)NCC(=O)NCc2ccccc2)ccc2[nH]nc(C=Cc3ccc(F)cc3)c12. The van der Waals surface area contributed by atoms with Gasteiger partial charge in [-0.25, -0.2) is 4.39 Å². The van der Waals surface area contributed by atoms with E-state index in [9.17, 15) is 14.0 Å². The zero-order chi connectivity index (χ0) is 23.9. The highest BCUT2D eigenvalue weighted by atomic mass is 19.1. The summed E-state index contributed by atoms with van der Waals surface area (Å²) >= 11 is 0. The molecule has 3 aromatic carbocycles. The molecule has 4 rings (SSSR count). The lowest BCUT2D eigenvalue weighted by Gasteiger charge is -2.11. The van der Waals surface area contributed by atoms with E-state index in [2.05, 4.69) is 20.8 Å². The molecule has 34 heavy (non-hydrogen) atoms. The van der Waals surface area contributed by atoms with Gasteiger partial charge in [-0.15, -0.1) is 0 Å². The molecule has 8 heteroatoms. The molecule has 0 saturated carbocycles. The number of carbonyl (C=O) groups is 2. The van der Waals surface area contributed by atoms with E-state index in [1.807, 2.05) is 30.3 Å². The van der Waals surface area contributed by atoms with Crippen molar-refractivity contribution >= 4 is 34.9 Å². The quantitative estimate of drug-likeness (QED) is 0.373. The van der Waals surface area contributed by atoms with Gasteiger partial charge in [0, 0.05) is 6.54 Å². The number of hydrogen-bond acceptors (Lipinski definition) is 4. The molecule has 1 heterocycles. The second kappa shape index (κ2) is 10.4. The second-order valence-electron chi connectivity index (χ2n) is 7.51. The molecule has 0 unspecified atom stereocenters. The van der Waals surface area contributed by atoms with Gasteiger partial charge in [0.25, 0.3) is 5.91 Å². The van der Waals surface area contributed by atoms with Gasteiger partial charge in [0.1, 0.15) is 11.6 Å². The molecule has 0 saturated heterocycles. The molecule has 2 amide bonds. The first kappa shape index (κ1) is 22.7. The van der Waals surface area contributed by atoms with Crippen LogP contribution in [-0.2, 0) is 11.3 Å². The van der Waals surface area contributed by atoms with Gasteiger partial charge in [0.15, 0.2) is 0 Å². The zero-order valence-corrected chi connectivity index (χ0v) is 18.5. The summed E-state index contributed by atoms with van der Waals surface area (Å²) in [7, 11) is 1.47. The molecule has 0 aliphatic rings. The minimum Gasteiger partial charge on any atom is -0.495 e. The minimum atomic E-state index is -0.441. The van der Waals surface area contributed by atoms with E-state index in [1.165, 1.54) is 19.2 Å².